The van der Waals surface area contributed by atoms with E-state index < -0.39 is 0 Å². The molecule has 0 bridgehead atoms. The van der Waals surface area contributed by atoms with E-state index in [9.17, 15) is 0 Å². The molecule has 0 unspecified atom stereocenters. The van der Waals surface area contributed by atoms with Gasteiger partial charge < -0.3 is 15.2 Å². The Labute approximate surface area is 292 Å². The third-order valence-electron chi connectivity index (χ3n) is 8.31. The first-order chi connectivity index (χ1) is 24.1. The van der Waals surface area contributed by atoms with E-state index in [2.05, 4.69) is 156 Å². The molecule has 6 aromatic rings. The van der Waals surface area contributed by atoms with Crippen LogP contribution < -0.4 is 10.6 Å². The normalized spacial score (nSPS) is 13.3. The van der Waals surface area contributed by atoms with Gasteiger partial charge in [-0.3, -0.25) is 0 Å². The molecule has 1 aliphatic rings. The lowest BCUT2D eigenvalue weighted by atomic mass is 9.97. The maximum atomic E-state index is 6.40. The molecule has 0 spiro atoms. The Kier molecular flexibility index (Phi) is 11.3. The topological polar surface area (TPSA) is 34.2 Å². The number of benzene rings is 5. The Balaban J connectivity index is 0.00000113. The summed E-state index contributed by atoms with van der Waals surface area (Å²) in [7, 11) is 0. The fourth-order valence-electron chi connectivity index (χ4n) is 6.18. The predicted molar refractivity (Wildman–Crippen MR) is 217 cm³/mol. The van der Waals surface area contributed by atoms with E-state index in [4.69, 9.17) is 5.73 Å². The van der Waals surface area contributed by atoms with Gasteiger partial charge in [-0.25, -0.2) is 0 Å². The van der Waals surface area contributed by atoms with Crippen molar-refractivity contribution in [2.24, 2.45) is 0 Å². The smallest absolute Gasteiger partial charge is 0.0541 e. The Morgan fingerprint density at radius 2 is 1.29 bits per heavy atom. The Bertz CT molecular complexity index is 2170. The number of nitrogens with zero attached hydrogens (tertiary/aromatic N) is 2. The fourth-order valence-corrected chi connectivity index (χ4v) is 6.18. The number of hydrogen-bond acceptors (Lipinski definition) is 2. The van der Waals surface area contributed by atoms with Gasteiger partial charge >= 0.3 is 0 Å². The molecule has 1 aromatic heterocycles. The Hall–Kier alpha value is -6.06. The number of allylic oxidation sites excluding steroid dienone is 4. The number of para-hydroxylation sites is 3. The molecule has 5 aromatic carbocycles. The highest BCUT2D eigenvalue weighted by atomic mass is 15.1. The largest absolute Gasteiger partial charge is 0.398 e. The van der Waals surface area contributed by atoms with Gasteiger partial charge in [-0.2, -0.15) is 0 Å². The minimum Gasteiger partial charge on any atom is -0.398 e. The molecule has 2 heterocycles. The molecule has 0 radical (unpaired) electrons. The molecule has 3 nitrogen and oxygen atoms in total. The van der Waals surface area contributed by atoms with Crippen LogP contribution in [0.1, 0.15) is 50.1 Å². The monoisotopic (exact) mass is 639 g/mol. The summed E-state index contributed by atoms with van der Waals surface area (Å²) < 4.78 is 2.32. The van der Waals surface area contributed by atoms with Crippen molar-refractivity contribution in [2.45, 2.75) is 27.7 Å². The first-order valence-corrected chi connectivity index (χ1v) is 17.0. The molecule has 0 amide bonds. The molecular weight excluding hydrogens is 595 g/mol. The van der Waals surface area contributed by atoms with Crippen LogP contribution >= 0.6 is 0 Å². The molecule has 2 N–H and O–H groups in total. The van der Waals surface area contributed by atoms with Crippen molar-refractivity contribution in [1.82, 2.24) is 4.57 Å². The summed E-state index contributed by atoms with van der Waals surface area (Å²) in [5.41, 5.74) is 18.9. The third-order valence-corrected chi connectivity index (χ3v) is 8.31. The van der Waals surface area contributed by atoms with Gasteiger partial charge in [0, 0.05) is 45.3 Å². The van der Waals surface area contributed by atoms with Crippen LogP contribution in [0.15, 0.2) is 159 Å². The number of rotatable bonds is 6. The zero-order valence-corrected chi connectivity index (χ0v) is 29.0. The first kappa shape index (κ1) is 34.3. The van der Waals surface area contributed by atoms with Gasteiger partial charge in [0.25, 0.3) is 0 Å². The van der Waals surface area contributed by atoms with E-state index in [0.29, 0.717) is 0 Å². The number of fused-ring (bicyclic) bond motifs is 2. The minimum absolute atomic E-state index is 0.759. The molecule has 49 heavy (non-hydrogen) atoms. The standard InChI is InChI=1S/C42H33N3.2C2H6/c1-3-34-38-22-8-11-25-41(38)45(42(34)27-26-31-16-4-5-20-36(31)37-21-6-9-23-39(37)43)33-18-14-17-32(29-33)44-28-13-12-15-30(2)35-19-7-10-24-40(35)44;2*1-2/h3-29H,1-2,43H2;2*1-2H3/b15-12-,27-26-,28-13-;;. The van der Waals surface area contributed by atoms with Crippen LogP contribution in [-0.4, -0.2) is 4.57 Å². The van der Waals surface area contributed by atoms with Gasteiger partial charge in [-0.05, 0) is 65.3 Å². The van der Waals surface area contributed by atoms with Crippen molar-refractivity contribution in [2.75, 3.05) is 10.6 Å². The molecule has 3 heteroatoms. The third kappa shape index (κ3) is 6.97. The van der Waals surface area contributed by atoms with Crippen molar-refractivity contribution in [1.29, 1.82) is 0 Å². The maximum absolute atomic E-state index is 6.40. The van der Waals surface area contributed by atoms with Crippen molar-refractivity contribution in [3.63, 3.8) is 0 Å². The average Bonchev–Trinajstić information content (AvgIpc) is 3.48. The molecule has 0 fully saturated rings. The van der Waals surface area contributed by atoms with Crippen LogP contribution in [0.3, 0.4) is 0 Å². The number of hydrogen-bond donors (Lipinski definition) is 1. The molecular formula is C46H45N3. The summed E-state index contributed by atoms with van der Waals surface area (Å²) in [5.74, 6) is 0. The van der Waals surface area contributed by atoms with Gasteiger partial charge in [0.2, 0.25) is 0 Å². The predicted octanol–water partition coefficient (Wildman–Crippen LogP) is 13.0. The summed E-state index contributed by atoms with van der Waals surface area (Å²) in [5, 5.41) is 1.15. The summed E-state index contributed by atoms with van der Waals surface area (Å²) in [6, 6.07) is 42.0. The quantitative estimate of drug-likeness (QED) is 0.184. The van der Waals surface area contributed by atoms with Crippen LogP contribution in [0.25, 0.3) is 51.5 Å². The second-order valence-corrected chi connectivity index (χ2v) is 11.0. The van der Waals surface area contributed by atoms with Gasteiger partial charge in [0.05, 0.1) is 16.9 Å². The summed E-state index contributed by atoms with van der Waals surface area (Å²) in [6.45, 7) is 16.5. The number of anilines is 3. The fraction of sp³-hybridized carbons (Fsp3) is 0.0870. The van der Waals surface area contributed by atoms with Crippen molar-refractivity contribution in [3.8, 4) is 16.8 Å². The van der Waals surface area contributed by atoms with Gasteiger partial charge in [-0.1, -0.05) is 150 Å². The van der Waals surface area contributed by atoms with Crippen LogP contribution in [0.4, 0.5) is 17.1 Å². The minimum atomic E-state index is 0.759. The highest BCUT2D eigenvalue weighted by Gasteiger charge is 2.18. The summed E-state index contributed by atoms with van der Waals surface area (Å²) in [4.78, 5) is 2.23. The van der Waals surface area contributed by atoms with Crippen LogP contribution in [0, 0.1) is 0 Å². The van der Waals surface area contributed by atoms with Crippen LogP contribution in [0.5, 0.6) is 0 Å². The zero-order chi connectivity index (χ0) is 34.8. The maximum Gasteiger partial charge on any atom is 0.0541 e. The van der Waals surface area contributed by atoms with E-state index in [1.54, 1.807) is 0 Å². The molecule has 7 rings (SSSR count). The molecule has 0 atom stereocenters. The molecule has 0 saturated carbocycles. The van der Waals surface area contributed by atoms with Crippen molar-refractivity contribution in [3.05, 3.63) is 181 Å². The van der Waals surface area contributed by atoms with E-state index in [1.165, 1.54) is 0 Å². The lowest BCUT2D eigenvalue weighted by Crippen LogP contribution is -2.11. The molecule has 244 valence electrons. The molecule has 1 aliphatic heterocycles. The van der Waals surface area contributed by atoms with Gasteiger partial charge in [0.15, 0.2) is 0 Å². The van der Waals surface area contributed by atoms with Crippen LogP contribution in [0.2, 0.25) is 0 Å². The van der Waals surface area contributed by atoms with Crippen molar-refractivity contribution >= 4 is 51.8 Å². The highest BCUT2D eigenvalue weighted by molar-refractivity contribution is 5.97. The Morgan fingerprint density at radius 1 is 0.633 bits per heavy atom. The number of nitrogen functional groups attached to an aromatic ring is 1. The number of nitrogens with two attached hydrogens (primary N) is 1. The van der Waals surface area contributed by atoms with E-state index >= 15 is 0 Å². The lowest BCUT2D eigenvalue weighted by Gasteiger charge is -2.25. The van der Waals surface area contributed by atoms with Gasteiger partial charge in [0.1, 0.15) is 0 Å². The second kappa shape index (κ2) is 16.2. The lowest BCUT2D eigenvalue weighted by molar-refractivity contribution is 1.10. The first-order valence-electron chi connectivity index (χ1n) is 17.0. The summed E-state index contributed by atoms with van der Waals surface area (Å²) >= 11 is 0. The zero-order valence-electron chi connectivity index (χ0n) is 29.0. The van der Waals surface area contributed by atoms with Crippen molar-refractivity contribution < 1.29 is 0 Å². The van der Waals surface area contributed by atoms with E-state index in [0.717, 1.165) is 72.7 Å². The number of aromatic nitrogens is 1. The Morgan fingerprint density at radius 3 is 2.06 bits per heavy atom. The SMILES string of the molecule is C=Cc1c(/C=C\c2ccccc2-c2ccccc2N)n(-c2cccc(N3/C=C\C=C/C(=C)c4ccccc43)c2)c2ccccc12.CC.CC. The van der Waals surface area contributed by atoms with Gasteiger partial charge in [-0.15, -0.1) is 0 Å². The second-order valence-electron chi connectivity index (χ2n) is 11.0. The van der Waals surface area contributed by atoms with E-state index in [-0.39, 0.29) is 0 Å². The molecule has 0 aliphatic carbocycles. The average molecular weight is 640 g/mol. The molecule has 0 saturated heterocycles. The highest BCUT2D eigenvalue weighted by Crippen LogP contribution is 2.38. The van der Waals surface area contributed by atoms with Crippen LogP contribution in [-0.2, 0) is 0 Å². The summed E-state index contributed by atoms with van der Waals surface area (Å²) in [6.07, 6.45) is 14.6. The van der Waals surface area contributed by atoms with E-state index in [1.807, 2.05) is 58.0 Å².